The van der Waals surface area contributed by atoms with Gasteiger partial charge in [-0.1, -0.05) is 0 Å². The quantitative estimate of drug-likeness (QED) is 0.658. The van der Waals surface area contributed by atoms with Gasteiger partial charge in [-0.05, 0) is 37.9 Å². The number of hydrogen-bond donors (Lipinski definition) is 3. The third kappa shape index (κ3) is 5.92. The number of carbonyl (C=O) groups is 1. The van der Waals surface area contributed by atoms with E-state index in [1.165, 1.54) is 12.4 Å². The number of nitrogens with one attached hydrogen (secondary N) is 3. The highest BCUT2D eigenvalue weighted by molar-refractivity contribution is 5.95. The minimum Gasteiger partial charge on any atom is -0.427 e. The molecule has 0 aliphatic carbocycles. The van der Waals surface area contributed by atoms with E-state index in [1.807, 2.05) is 0 Å². The Morgan fingerprint density at radius 2 is 2.11 bits per heavy atom. The zero-order chi connectivity index (χ0) is 18.5. The number of nitrogens with zero attached hydrogens (tertiary/aromatic N) is 1. The molecule has 1 amide bonds. The van der Waals surface area contributed by atoms with E-state index in [1.54, 1.807) is 13.0 Å². The van der Waals surface area contributed by atoms with Crippen LogP contribution in [-0.2, 0) is 6.42 Å². The second kappa shape index (κ2) is 11.0. The number of aromatic nitrogens is 2. The van der Waals surface area contributed by atoms with Crippen LogP contribution in [0.2, 0.25) is 0 Å². The largest absolute Gasteiger partial charge is 0.427 e. The maximum Gasteiger partial charge on any atom is 0.349 e. The summed E-state index contributed by atoms with van der Waals surface area (Å²) in [4.78, 5) is 42.3. The van der Waals surface area contributed by atoms with Gasteiger partial charge in [0.05, 0.1) is 6.33 Å². The van der Waals surface area contributed by atoms with E-state index in [0.29, 0.717) is 23.4 Å². The van der Waals surface area contributed by atoms with Crippen LogP contribution in [0, 0.1) is 6.92 Å². The normalized spacial score (nSPS) is 15.8. The summed E-state index contributed by atoms with van der Waals surface area (Å²) >= 11 is 0. The van der Waals surface area contributed by atoms with Crippen molar-refractivity contribution in [2.24, 2.45) is 0 Å². The highest BCUT2D eigenvalue weighted by Gasteiger charge is 2.22. The fraction of sp³-hybridized carbons (Fsp3) is 0.444. The first-order valence-corrected chi connectivity index (χ1v) is 8.72. The summed E-state index contributed by atoms with van der Waals surface area (Å²) in [5.74, 6) is 0.313. The Kier molecular flexibility index (Phi) is 9.37. The number of halogens is 2. The second-order valence-corrected chi connectivity index (χ2v) is 6.45. The van der Waals surface area contributed by atoms with Crippen molar-refractivity contribution in [3.05, 3.63) is 61.8 Å². The Bertz CT molecular complexity index is 907. The van der Waals surface area contributed by atoms with Gasteiger partial charge in [0, 0.05) is 37.2 Å². The van der Waals surface area contributed by atoms with Gasteiger partial charge in [-0.2, -0.15) is 0 Å². The summed E-state index contributed by atoms with van der Waals surface area (Å²) < 4.78 is 5.42. The summed E-state index contributed by atoms with van der Waals surface area (Å²) in [6.45, 7) is 3.76. The van der Waals surface area contributed by atoms with Crippen molar-refractivity contribution >= 4 is 30.7 Å². The molecule has 1 atom stereocenters. The highest BCUT2D eigenvalue weighted by atomic mass is 35.5. The lowest BCUT2D eigenvalue weighted by molar-refractivity contribution is 0.0948. The van der Waals surface area contributed by atoms with Crippen LogP contribution in [0.1, 0.15) is 46.1 Å². The smallest absolute Gasteiger partial charge is 0.349 e. The Hall–Kier alpha value is -2.16. The topological polar surface area (TPSA) is 117 Å². The number of aryl methyl sites for hydroxylation is 1. The maximum atomic E-state index is 12.4. The first-order valence-electron chi connectivity index (χ1n) is 8.72. The monoisotopic (exact) mass is 430 g/mol. The lowest BCUT2D eigenvalue weighted by Crippen LogP contribution is -2.32. The van der Waals surface area contributed by atoms with Crippen LogP contribution in [0.25, 0.3) is 0 Å². The van der Waals surface area contributed by atoms with E-state index in [0.717, 1.165) is 25.9 Å². The Morgan fingerprint density at radius 1 is 1.32 bits per heavy atom. The van der Waals surface area contributed by atoms with Crippen LogP contribution in [0.4, 0.5) is 0 Å². The lowest BCUT2D eigenvalue weighted by Gasteiger charge is -2.22. The Balaban J connectivity index is 0.00000196. The molecule has 154 valence electrons. The van der Waals surface area contributed by atoms with Gasteiger partial charge in [0.1, 0.15) is 11.3 Å². The van der Waals surface area contributed by atoms with Crippen molar-refractivity contribution in [3.63, 3.8) is 0 Å². The van der Waals surface area contributed by atoms with Gasteiger partial charge in [-0.25, -0.2) is 9.78 Å². The average Bonchev–Trinajstić information content (AvgIpc) is 2.62. The Labute approximate surface area is 174 Å². The first-order chi connectivity index (χ1) is 12.5. The van der Waals surface area contributed by atoms with Crippen molar-refractivity contribution in [2.45, 2.75) is 32.1 Å². The minimum absolute atomic E-state index is 0. The van der Waals surface area contributed by atoms with E-state index in [9.17, 15) is 14.4 Å². The first kappa shape index (κ1) is 23.9. The summed E-state index contributed by atoms with van der Waals surface area (Å²) in [5.41, 5.74) is 0.339. The SMILES string of the molecule is Cc1cc(C2CCCNC2)oc(=O)c1C(=O)NCCc1cc(=O)[nH]cn1.Cl.Cl. The molecule has 0 saturated carbocycles. The molecule has 1 aliphatic heterocycles. The van der Waals surface area contributed by atoms with E-state index >= 15 is 0 Å². The molecule has 0 spiro atoms. The molecule has 1 fully saturated rings. The summed E-state index contributed by atoms with van der Waals surface area (Å²) in [6, 6.07) is 3.16. The molecule has 1 unspecified atom stereocenters. The van der Waals surface area contributed by atoms with Gasteiger partial charge in [0.25, 0.3) is 11.5 Å². The molecule has 3 rings (SSSR count). The summed E-state index contributed by atoms with van der Waals surface area (Å²) in [5, 5.41) is 5.97. The maximum absolute atomic E-state index is 12.4. The summed E-state index contributed by atoms with van der Waals surface area (Å²) in [7, 11) is 0. The van der Waals surface area contributed by atoms with Gasteiger partial charge in [0.15, 0.2) is 0 Å². The molecule has 28 heavy (non-hydrogen) atoms. The molecule has 10 heteroatoms. The molecule has 0 bridgehead atoms. The molecular formula is C18H24Cl2N4O4. The molecule has 1 aliphatic rings. The molecule has 8 nitrogen and oxygen atoms in total. The fourth-order valence-electron chi connectivity index (χ4n) is 3.14. The zero-order valence-electron chi connectivity index (χ0n) is 15.4. The van der Waals surface area contributed by atoms with Crippen LogP contribution >= 0.6 is 24.8 Å². The van der Waals surface area contributed by atoms with Crippen LogP contribution in [0.3, 0.4) is 0 Å². The van der Waals surface area contributed by atoms with Crippen LogP contribution in [0.15, 0.2) is 32.5 Å². The Morgan fingerprint density at radius 3 is 2.75 bits per heavy atom. The number of amides is 1. The van der Waals surface area contributed by atoms with Crippen LogP contribution < -0.4 is 21.8 Å². The predicted octanol–water partition coefficient (Wildman–Crippen LogP) is 1.31. The van der Waals surface area contributed by atoms with E-state index in [2.05, 4.69) is 20.6 Å². The van der Waals surface area contributed by atoms with Crippen molar-refractivity contribution in [3.8, 4) is 0 Å². The number of carbonyl (C=O) groups excluding carboxylic acids is 1. The third-order valence-electron chi connectivity index (χ3n) is 4.50. The molecular weight excluding hydrogens is 407 g/mol. The van der Waals surface area contributed by atoms with Crippen LogP contribution in [0.5, 0.6) is 0 Å². The standard InChI is InChI=1S/C18H22N4O4.2ClH/c1-11-7-14(12-3-2-5-19-9-12)26-18(25)16(11)17(24)20-6-4-13-8-15(23)22-10-21-13;;/h7-8,10,12,19H,2-6,9H2,1H3,(H,20,24)(H,21,22,23);2*1H. The van der Waals surface area contributed by atoms with Gasteiger partial charge >= 0.3 is 5.63 Å². The van der Waals surface area contributed by atoms with Gasteiger partial charge < -0.3 is 20.0 Å². The van der Waals surface area contributed by atoms with Gasteiger partial charge in [-0.15, -0.1) is 24.8 Å². The zero-order valence-corrected chi connectivity index (χ0v) is 17.1. The number of hydrogen-bond acceptors (Lipinski definition) is 6. The molecule has 1 saturated heterocycles. The molecule has 2 aromatic heterocycles. The number of piperidine rings is 1. The predicted molar refractivity (Wildman–Crippen MR) is 110 cm³/mol. The van der Waals surface area contributed by atoms with E-state index in [-0.39, 0.29) is 48.4 Å². The molecule has 3 heterocycles. The fourth-order valence-corrected chi connectivity index (χ4v) is 3.14. The van der Waals surface area contributed by atoms with Crippen molar-refractivity contribution in [2.75, 3.05) is 19.6 Å². The average molecular weight is 431 g/mol. The molecule has 0 radical (unpaired) electrons. The van der Waals surface area contributed by atoms with Crippen molar-refractivity contribution < 1.29 is 9.21 Å². The summed E-state index contributed by atoms with van der Waals surface area (Å²) in [6.07, 6.45) is 3.71. The molecule has 0 aromatic carbocycles. The van der Waals surface area contributed by atoms with E-state index < -0.39 is 11.5 Å². The lowest BCUT2D eigenvalue weighted by atomic mass is 9.95. The van der Waals surface area contributed by atoms with Crippen molar-refractivity contribution in [1.29, 1.82) is 0 Å². The van der Waals surface area contributed by atoms with Gasteiger partial charge in [0.2, 0.25) is 0 Å². The van der Waals surface area contributed by atoms with Crippen LogP contribution in [-0.4, -0.2) is 35.5 Å². The van der Waals surface area contributed by atoms with Gasteiger partial charge in [-0.3, -0.25) is 9.59 Å². The number of aromatic amines is 1. The van der Waals surface area contributed by atoms with E-state index in [4.69, 9.17) is 4.42 Å². The number of rotatable bonds is 5. The van der Waals surface area contributed by atoms with Crippen molar-refractivity contribution in [1.82, 2.24) is 20.6 Å². The highest BCUT2D eigenvalue weighted by Crippen LogP contribution is 2.23. The minimum atomic E-state index is -0.614. The second-order valence-electron chi connectivity index (χ2n) is 6.45. The molecule has 2 aromatic rings. The molecule has 3 N–H and O–H groups in total. The third-order valence-corrected chi connectivity index (χ3v) is 4.50. The number of H-pyrrole nitrogens is 1.